The quantitative estimate of drug-likeness (QED) is 0.933. The number of hydrogen-bond donors (Lipinski definition) is 1. The van der Waals surface area contributed by atoms with Crippen LogP contribution in [0.3, 0.4) is 0 Å². The highest BCUT2D eigenvalue weighted by molar-refractivity contribution is 9.10. The second-order valence-corrected chi connectivity index (χ2v) is 5.70. The van der Waals surface area contributed by atoms with E-state index in [1.807, 2.05) is 11.4 Å². The van der Waals surface area contributed by atoms with Gasteiger partial charge in [-0.3, -0.25) is 4.98 Å². The number of hydrogen-bond acceptors (Lipinski definition) is 3. The van der Waals surface area contributed by atoms with Gasteiger partial charge in [-0.25, -0.2) is 0 Å². The molecule has 0 bridgehead atoms. The zero-order chi connectivity index (χ0) is 11.5. The molecule has 0 radical (unpaired) electrons. The van der Waals surface area contributed by atoms with Gasteiger partial charge in [-0.05, 0) is 34.1 Å². The maximum atomic E-state index is 9.96. The van der Waals surface area contributed by atoms with E-state index < -0.39 is 6.10 Å². The van der Waals surface area contributed by atoms with Crippen molar-refractivity contribution in [3.8, 4) is 0 Å². The predicted molar refractivity (Wildman–Crippen MR) is 69.9 cm³/mol. The smallest absolute Gasteiger partial charge is 0.101 e. The van der Waals surface area contributed by atoms with Gasteiger partial charge in [0.1, 0.15) is 6.10 Å². The van der Waals surface area contributed by atoms with Crippen molar-refractivity contribution in [1.29, 1.82) is 0 Å². The van der Waals surface area contributed by atoms with Crippen molar-refractivity contribution >= 4 is 38.9 Å². The number of thiophene rings is 1. The fourth-order valence-electron chi connectivity index (χ4n) is 1.34. The first-order valence-electron chi connectivity index (χ1n) is 4.67. The molecule has 2 aromatic rings. The lowest BCUT2D eigenvalue weighted by Crippen LogP contribution is -2.02. The summed E-state index contributed by atoms with van der Waals surface area (Å²) in [6, 6.07) is 5.48. The molecule has 0 saturated carbocycles. The molecule has 0 aliphatic rings. The van der Waals surface area contributed by atoms with Gasteiger partial charge in [-0.1, -0.05) is 11.6 Å². The van der Waals surface area contributed by atoms with E-state index in [1.165, 1.54) is 0 Å². The van der Waals surface area contributed by atoms with Crippen molar-refractivity contribution in [2.24, 2.45) is 0 Å². The van der Waals surface area contributed by atoms with Crippen LogP contribution in [0.1, 0.15) is 16.7 Å². The van der Waals surface area contributed by atoms with E-state index in [0.717, 1.165) is 9.35 Å². The number of nitrogens with zero attached hydrogens (tertiary/aromatic N) is 1. The molecule has 0 fully saturated rings. The van der Waals surface area contributed by atoms with E-state index in [4.69, 9.17) is 11.6 Å². The van der Waals surface area contributed by atoms with E-state index in [9.17, 15) is 5.11 Å². The second-order valence-electron chi connectivity index (χ2n) is 3.35. The molecule has 1 N–H and O–H groups in total. The molecule has 1 unspecified atom stereocenters. The molecule has 16 heavy (non-hydrogen) atoms. The van der Waals surface area contributed by atoms with Crippen molar-refractivity contribution < 1.29 is 5.11 Å². The summed E-state index contributed by atoms with van der Waals surface area (Å²) in [4.78, 5) is 5.21. The second kappa shape index (κ2) is 5.27. The summed E-state index contributed by atoms with van der Waals surface area (Å²) in [6.07, 6.45) is 1.54. The summed E-state index contributed by atoms with van der Waals surface area (Å²) < 4.78 is 1.05. The molecule has 0 aliphatic carbocycles. The summed E-state index contributed by atoms with van der Waals surface area (Å²) in [5.41, 5.74) is 0.647. The third-order valence-corrected chi connectivity index (χ3v) is 4.05. The Bertz CT molecular complexity index is 471. The zero-order valence-corrected chi connectivity index (χ0v) is 11.4. The van der Waals surface area contributed by atoms with E-state index in [1.54, 1.807) is 29.7 Å². The number of aromatic nitrogens is 1. The molecule has 0 aliphatic heterocycles. The largest absolute Gasteiger partial charge is 0.386 e. The Morgan fingerprint density at radius 3 is 2.88 bits per heavy atom. The Morgan fingerprint density at radius 1 is 1.50 bits per heavy atom. The van der Waals surface area contributed by atoms with E-state index >= 15 is 0 Å². The van der Waals surface area contributed by atoms with Crippen molar-refractivity contribution in [2.45, 2.75) is 12.5 Å². The van der Waals surface area contributed by atoms with Gasteiger partial charge in [0.2, 0.25) is 0 Å². The maximum absolute atomic E-state index is 9.96. The average molecular weight is 319 g/mol. The average Bonchev–Trinajstić information content (AvgIpc) is 2.65. The number of rotatable bonds is 3. The minimum atomic E-state index is -0.581. The third kappa shape index (κ3) is 3.04. The molecule has 2 heterocycles. The minimum Gasteiger partial charge on any atom is -0.386 e. The van der Waals surface area contributed by atoms with E-state index in [0.29, 0.717) is 17.1 Å². The predicted octanol–water partition coefficient (Wildman–Crippen LogP) is 3.84. The molecule has 2 aromatic heterocycles. The molecule has 2 rings (SSSR count). The molecule has 1 atom stereocenters. The van der Waals surface area contributed by atoms with Gasteiger partial charge < -0.3 is 5.11 Å². The molecule has 0 aromatic carbocycles. The maximum Gasteiger partial charge on any atom is 0.101 e. The standard InChI is InChI=1S/C11H9BrClNOS/c12-7-3-9(16-6-7)4-11(15)10-2-1-8(13)5-14-10/h1-3,5-6,11,15H,4H2. The van der Waals surface area contributed by atoms with Gasteiger partial charge in [-0.15, -0.1) is 11.3 Å². The Kier molecular flexibility index (Phi) is 3.97. The normalized spacial score (nSPS) is 12.7. The Labute approximate surface area is 111 Å². The van der Waals surface area contributed by atoms with Crippen LogP contribution in [-0.4, -0.2) is 10.1 Å². The highest BCUT2D eigenvalue weighted by Crippen LogP contribution is 2.25. The highest BCUT2D eigenvalue weighted by Gasteiger charge is 2.11. The first kappa shape index (κ1) is 12.0. The van der Waals surface area contributed by atoms with Crippen LogP contribution in [-0.2, 0) is 6.42 Å². The van der Waals surface area contributed by atoms with Crippen LogP contribution >= 0.6 is 38.9 Å². The third-order valence-electron chi connectivity index (χ3n) is 2.11. The van der Waals surface area contributed by atoms with Crippen LogP contribution in [0, 0.1) is 0 Å². The van der Waals surface area contributed by atoms with Crippen LogP contribution in [0.2, 0.25) is 5.02 Å². The number of aliphatic hydroxyl groups excluding tert-OH is 1. The molecule has 0 amide bonds. The molecule has 84 valence electrons. The van der Waals surface area contributed by atoms with Crippen LogP contribution < -0.4 is 0 Å². The zero-order valence-electron chi connectivity index (χ0n) is 8.23. The van der Waals surface area contributed by atoms with Gasteiger partial charge in [0.15, 0.2) is 0 Å². The van der Waals surface area contributed by atoms with Gasteiger partial charge in [0, 0.05) is 27.3 Å². The van der Waals surface area contributed by atoms with Crippen LogP contribution in [0.5, 0.6) is 0 Å². The first-order chi connectivity index (χ1) is 7.65. The monoisotopic (exact) mass is 317 g/mol. The Morgan fingerprint density at radius 2 is 2.31 bits per heavy atom. The molecule has 2 nitrogen and oxygen atoms in total. The molecular formula is C11H9BrClNOS. The van der Waals surface area contributed by atoms with Crippen molar-refractivity contribution in [3.05, 3.63) is 49.8 Å². The molecular weight excluding hydrogens is 310 g/mol. The fourth-order valence-corrected chi connectivity index (χ4v) is 2.94. The molecule has 5 heteroatoms. The van der Waals surface area contributed by atoms with Crippen LogP contribution in [0.25, 0.3) is 0 Å². The first-order valence-corrected chi connectivity index (χ1v) is 6.72. The van der Waals surface area contributed by atoms with Crippen LogP contribution in [0.4, 0.5) is 0 Å². The lowest BCUT2D eigenvalue weighted by atomic mass is 10.1. The summed E-state index contributed by atoms with van der Waals surface area (Å²) >= 11 is 10.7. The summed E-state index contributed by atoms with van der Waals surface area (Å²) in [5.74, 6) is 0. The molecule has 0 spiro atoms. The Balaban J connectivity index is 2.08. The summed E-state index contributed by atoms with van der Waals surface area (Å²) in [7, 11) is 0. The Hall–Kier alpha value is -0.420. The highest BCUT2D eigenvalue weighted by atomic mass is 79.9. The van der Waals surface area contributed by atoms with Crippen molar-refractivity contribution in [2.75, 3.05) is 0 Å². The van der Waals surface area contributed by atoms with Gasteiger partial charge in [-0.2, -0.15) is 0 Å². The fraction of sp³-hybridized carbons (Fsp3) is 0.182. The van der Waals surface area contributed by atoms with Gasteiger partial charge >= 0.3 is 0 Å². The van der Waals surface area contributed by atoms with Crippen LogP contribution in [0.15, 0.2) is 34.2 Å². The lowest BCUT2D eigenvalue weighted by molar-refractivity contribution is 0.174. The summed E-state index contributed by atoms with van der Waals surface area (Å²) in [6.45, 7) is 0. The molecule has 0 saturated heterocycles. The topological polar surface area (TPSA) is 33.1 Å². The van der Waals surface area contributed by atoms with Crippen molar-refractivity contribution in [1.82, 2.24) is 4.98 Å². The van der Waals surface area contributed by atoms with Crippen molar-refractivity contribution in [3.63, 3.8) is 0 Å². The SMILES string of the molecule is OC(Cc1cc(Br)cs1)c1ccc(Cl)cn1. The van der Waals surface area contributed by atoms with E-state index in [-0.39, 0.29) is 0 Å². The minimum absolute atomic E-state index is 0.574. The number of pyridine rings is 1. The van der Waals surface area contributed by atoms with E-state index in [2.05, 4.69) is 20.9 Å². The summed E-state index contributed by atoms with van der Waals surface area (Å²) in [5, 5.41) is 12.5. The number of aliphatic hydroxyl groups is 1. The van der Waals surface area contributed by atoms with Gasteiger partial charge in [0.25, 0.3) is 0 Å². The number of halogens is 2. The lowest BCUT2D eigenvalue weighted by Gasteiger charge is -2.08. The van der Waals surface area contributed by atoms with Gasteiger partial charge in [0.05, 0.1) is 10.7 Å².